The maximum atomic E-state index is 12.9. The number of nitro benzene ring substituents is 1. The molecule has 0 atom stereocenters. The molecule has 1 saturated heterocycles. The van der Waals surface area contributed by atoms with Crippen LogP contribution in [0.4, 0.5) is 10.8 Å². The summed E-state index contributed by atoms with van der Waals surface area (Å²) in [6.45, 7) is 0.965. The second-order valence-electron chi connectivity index (χ2n) is 6.87. The number of nitrogens with one attached hydrogen (secondary N) is 1. The molecule has 0 aliphatic carbocycles. The lowest BCUT2D eigenvalue weighted by molar-refractivity contribution is -0.384. The zero-order valence-electron chi connectivity index (χ0n) is 15.8. The van der Waals surface area contributed by atoms with Crippen molar-refractivity contribution < 1.29 is 18.1 Å². The van der Waals surface area contributed by atoms with Crippen LogP contribution in [0.25, 0.3) is 10.2 Å². The Kier molecular flexibility index (Phi) is 5.50. The van der Waals surface area contributed by atoms with Gasteiger partial charge in [0.25, 0.3) is 11.6 Å². The summed E-state index contributed by atoms with van der Waals surface area (Å²) in [4.78, 5) is 27.4. The van der Waals surface area contributed by atoms with Crippen molar-refractivity contribution in [3.8, 4) is 0 Å². The maximum Gasteiger partial charge on any atom is 0.270 e. The monoisotopic (exact) mass is 446 g/mol. The van der Waals surface area contributed by atoms with Crippen molar-refractivity contribution in [2.45, 2.75) is 24.2 Å². The largest absolute Gasteiger partial charge is 0.298 e. The van der Waals surface area contributed by atoms with E-state index in [4.69, 9.17) is 0 Å². The van der Waals surface area contributed by atoms with E-state index in [0.29, 0.717) is 23.3 Å². The summed E-state index contributed by atoms with van der Waals surface area (Å²) in [6, 6.07) is 10.2. The highest BCUT2D eigenvalue weighted by Crippen LogP contribution is 2.29. The van der Waals surface area contributed by atoms with Crippen molar-refractivity contribution in [2.75, 3.05) is 18.4 Å². The number of carbonyl (C=O) groups excluding carboxylic acids is 1. The fraction of sp³-hybridized carbons (Fsp3) is 0.263. The molecule has 2 heterocycles. The van der Waals surface area contributed by atoms with Gasteiger partial charge in [-0.15, -0.1) is 0 Å². The van der Waals surface area contributed by atoms with E-state index in [2.05, 4.69) is 10.3 Å². The lowest BCUT2D eigenvalue weighted by Crippen LogP contribution is -2.35. The van der Waals surface area contributed by atoms with Gasteiger partial charge in [0, 0.05) is 30.8 Å². The third-order valence-electron chi connectivity index (χ3n) is 4.85. The smallest absolute Gasteiger partial charge is 0.270 e. The predicted molar refractivity (Wildman–Crippen MR) is 113 cm³/mol. The second-order valence-corrected chi connectivity index (χ2v) is 9.84. The van der Waals surface area contributed by atoms with Crippen molar-refractivity contribution in [2.24, 2.45) is 0 Å². The van der Waals surface area contributed by atoms with E-state index in [1.54, 1.807) is 0 Å². The molecule has 3 aromatic rings. The number of amides is 1. The molecule has 11 heteroatoms. The lowest BCUT2D eigenvalue weighted by atomic mass is 10.2. The first-order valence-electron chi connectivity index (χ1n) is 9.31. The summed E-state index contributed by atoms with van der Waals surface area (Å²) < 4.78 is 27.7. The van der Waals surface area contributed by atoms with Crippen molar-refractivity contribution in [3.63, 3.8) is 0 Å². The first-order chi connectivity index (χ1) is 14.3. The van der Waals surface area contributed by atoms with Crippen molar-refractivity contribution in [1.82, 2.24) is 9.29 Å². The number of sulfonamides is 1. The van der Waals surface area contributed by atoms with Crippen LogP contribution >= 0.6 is 11.3 Å². The van der Waals surface area contributed by atoms with E-state index >= 15 is 0 Å². The Bertz CT molecular complexity index is 1230. The Morgan fingerprint density at radius 1 is 1.13 bits per heavy atom. The molecule has 0 bridgehead atoms. The highest BCUT2D eigenvalue weighted by atomic mass is 32.2. The number of non-ortho nitro benzene ring substituents is 1. The lowest BCUT2D eigenvalue weighted by Gasteiger charge is -2.26. The van der Waals surface area contributed by atoms with Gasteiger partial charge in [0.2, 0.25) is 10.0 Å². The van der Waals surface area contributed by atoms with Crippen LogP contribution in [0.15, 0.2) is 47.4 Å². The molecule has 2 aromatic carbocycles. The number of piperidine rings is 1. The number of rotatable bonds is 5. The number of anilines is 1. The van der Waals surface area contributed by atoms with Crippen LogP contribution < -0.4 is 5.32 Å². The molecule has 0 saturated carbocycles. The van der Waals surface area contributed by atoms with E-state index < -0.39 is 20.9 Å². The number of hydrogen-bond donors (Lipinski definition) is 1. The Balaban J connectivity index is 1.56. The fourth-order valence-corrected chi connectivity index (χ4v) is 5.76. The number of aromatic nitrogens is 1. The van der Waals surface area contributed by atoms with Gasteiger partial charge in [-0.25, -0.2) is 13.4 Å². The van der Waals surface area contributed by atoms with Crippen LogP contribution in [0, 0.1) is 10.1 Å². The van der Waals surface area contributed by atoms with E-state index in [0.717, 1.165) is 30.6 Å². The fourth-order valence-electron chi connectivity index (χ4n) is 3.30. The molecule has 0 radical (unpaired) electrons. The SMILES string of the molecule is O=C(Nc1nc2ccc([N+](=O)[O-])cc2s1)c1cccc(S(=O)(=O)N2CCCCC2)c1. The number of carbonyl (C=O) groups is 1. The van der Waals surface area contributed by atoms with Crippen molar-refractivity contribution in [1.29, 1.82) is 0 Å². The van der Waals surface area contributed by atoms with Gasteiger partial charge in [0.1, 0.15) is 0 Å². The molecular formula is C19H18N4O5S2. The zero-order chi connectivity index (χ0) is 21.3. The van der Waals surface area contributed by atoms with Crippen LogP contribution in [0.5, 0.6) is 0 Å². The maximum absolute atomic E-state index is 12.9. The number of thiazole rings is 1. The van der Waals surface area contributed by atoms with Crippen LogP contribution in [0.2, 0.25) is 0 Å². The quantitative estimate of drug-likeness (QED) is 0.472. The standard InChI is InChI=1S/C19H18N4O5S2/c24-18(21-19-20-16-8-7-14(23(25)26)12-17(16)29-19)13-5-4-6-15(11-13)30(27,28)22-9-2-1-3-10-22/h4-8,11-12H,1-3,9-10H2,(H,20,21,24). The van der Waals surface area contributed by atoms with E-state index in [-0.39, 0.29) is 21.3 Å². The minimum absolute atomic E-state index is 0.0559. The molecule has 1 aliphatic heterocycles. The molecule has 9 nitrogen and oxygen atoms in total. The molecule has 4 rings (SSSR count). The number of benzene rings is 2. The third-order valence-corrected chi connectivity index (χ3v) is 7.68. The number of nitrogens with zero attached hydrogens (tertiary/aromatic N) is 3. The molecule has 1 aromatic heterocycles. The third kappa shape index (κ3) is 4.04. The minimum Gasteiger partial charge on any atom is -0.298 e. The molecule has 0 spiro atoms. The molecule has 1 aliphatic rings. The van der Waals surface area contributed by atoms with Crippen molar-refractivity contribution >= 4 is 48.3 Å². The number of fused-ring (bicyclic) bond motifs is 1. The van der Waals surface area contributed by atoms with Gasteiger partial charge in [-0.05, 0) is 37.1 Å². The van der Waals surface area contributed by atoms with Gasteiger partial charge in [-0.3, -0.25) is 20.2 Å². The normalized spacial score (nSPS) is 15.2. The molecular weight excluding hydrogens is 428 g/mol. The minimum atomic E-state index is -3.65. The zero-order valence-corrected chi connectivity index (χ0v) is 17.4. The van der Waals surface area contributed by atoms with Crippen LogP contribution in [-0.4, -0.2) is 41.6 Å². The number of hydrogen-bond acceptors (Lipinski definition) is 7. The Hall–Kier alpha value is -2.89. The number of nitro groups is 1. The summed E-state index contributed by atoms with van der Waals surface area (Å²) in [5.74, 6) is -0.501. The summed E-state index contributed by atoms with van der Waals surface area (Å²) in [7, 11) is -3.65. The van der Waals surface area contributed by atoms with E-state index in [1.807, 2.05) is 0 Å². The van der Waals surface area contributed by atoms with Crippen LogP contribution in [0.1, 0.15) is 29.6 Å². The summed E-state index contributed by atoms with van der Waals surface area (Å²) in [5.41, 5.74) is 0.667. The van der Waals surface area contributed by atoms with Gasteiger partial charge < -0.3 is 0 Å². The topological polar surface area (TPSA) is 123 Å². The van der Waals surface area contributed by atoms with Gasteiger partial charge in [-0.1, -0.05) is 23.8 Å². The van der Waals surface area contributed by atoms with Gasteiger partial charge in [0.15, 0.2) is 5.13 Å². The Morgan fingerprint density at radius 2 is 1.90 bits per heavy atom. The first-order valence-corrected chi connectivity index (χ1v) is 11.6. The van der Waals surface area contributed by atoms with E-state index in [9.17, 15) is 23.3 Å². The van der Waals surface area contributed by atoms with Crippen LogP contribution in [-0.2, 0) is 10.0 Å². The molecule has 156 valence electrons. The Morgan fingerprint density at radius 3 is 2.63 bits per heavy atom. The van der Waals surface area contributed by atoms with E-state index in [1.165, 1.54) is 46.8 Å². The second kappa shape index (κ2) is 8.09. The summed E-state index contributed by atoms with van der Waals surface area (Å²) in [5, 5.41) is 13.8. The average molecular weight is 447 g/mol. The van der Waals surface area contributed by atoms with Gasteiger partial charge >= 0.3 is 0 Å². The van der Waals surface area contributed by atoms with Crippen molar-refractivity contribution in [3.05, 3.63) is 58.1 Å². The highest BCUT2D eigenvalue weighted by Gasteiger charge is 2.26. The molecule has 0 unspecified atom stereocenters. The van der Waals surface area contributed by atoms with Gasteiger partial charge in [0.05, 0.1) is 20.0 Å². The molecule has 1 amide bonds. The predicted octanol–water partition coefficient (Wildman–Crippen LogP) is 3.63. The molecule has 1 N–H and O–H groups in total. The summed E-state index contributed by atoms with van der Waals surface area (Å²) in [6.07, 6.45) is 2.67. The van der Waals surface area contributed by atoms with Crippen LogP contribution in [0.3, 0.4) is 0 Å². The Labute approximate surface area is 176 Å². The molecule has 30 heavy (non-hydrogen) atoms. The molecule has 1 fully saturated rings. The first kappa shape index (κ1) is 20.4. The van der Waals surface area contributed by atoms with Gasteiger partial charge in [-0.2, -0.15) is 4.31 Å². The highest BCUT2D eigenvalue weighted by molar-refractivity contribution is 7.89. The average Bonchev–Trinajstić information content (AvgIpc) is 3.15. The summed E-state index contributed by atoms with van der Waals surface area (Å²) >= 11 is 1.11.